The predicted octanol–water partition coefficient (Wildman–Crippen LogP) is 1.81. The van der Waals surface area contributed by atoms with Crippen molar-refractivity contribution in [3.8, 4) is 0 Å². The highest BCUT2D eigenvalue weighted by Gasteiger charge is 2.24. The molecule has 0 atom stereocenters. The van der Waals surface area contributed by atoms with Gasteiger partial charge in [-0.1, -0.05) is 17.7 Å². The number of aromatic nitrogens is 2. The van der Waals surface area contributed by atoms with Crippen molar-refractivity contribution < 1.29 is 4.79 Å². The third kappa shape index (κ3) is 4.50. The van der Waals surface area contributed by atoms with Crippen molar-refractivity contribution in [3.63, 3.8) is 0 Å². The minimum Gasteiger partial charge on any atom is -0.354 e. The van der Waals surface area contributed by atoms with Gasteiger partial charge in [0.2, 0.25) is 0 Å². The number of amides is 1. The van der Waals surface area contributed by atoms with Crippen LogP contribution in [0.5, 0.6) is 0 Å². The van der Waals surface area contributed by atoms with Crippen LogP contribution in [0.25, 0.3) is 0 Å². The van der Waals surface area contributed by atoms with Crippen LogP contribution in [0.4, 0.5) is 11.6 Å². The number of carbonyl (C=O) groups is 1. The summed E-state index contributed by atoms with van der Waals surface area (Å²) in [4.78, 5) is 31.0. The molecule has 4 rings (SSSR count). The molecule has 7 heteroatoms. The standard InChI is InChI=1S/C22H30N6O/c1-17-4-6-19(7-5-17)22(29)28-14-12-27(13-15-28)21-16-20(23-18(2)24-21)26-10-8-25(3)9-11-26/h4-7,16H,8-15H2,1-3H3. The molecule has 2 aliphatic rings. The average molecular weight is 395 g/mol. The van der Waals surface area contributed by atoms with Crippen molar-refractivity contribution in [2.24, 2.45) is 0 Å². The third-order valence-corrected chi connectivity index (χ3v) is 5.83. The molecule has 1 aromatic heterocycles. The Morgan fingerprint density at radius 2 is 1.31 bits per heavy atom. The second-order valence-corrected chi connectivity index (χ2v) is 8.07. The number of hydrogen-bond acceptors (Lipinski definition) is 6. The Bertz CT molecular complexity index is 852. The van der Waals surface area contributed by atoms with Gasteiger partial charge in [-0.25, -0.2) is 9.97 Å². The number of carbonyl (C=O) groups excluding carboxylic acids is 1. The second-order valence-electron chi connectivity index (χ2n) is 8.07. The van der Waals surface area contributed by atoms with Crippen molar-refractivity contribution in [1.29, 1.82) is 0 Å². The highest BCUT2D eigenvalue weighted by molar-refractivity contribution is 5.94. The molecule has 2 aliphatic heterocycles. The Morgan fingerprint density at radius 3 is 1.86 bits per heavy atom. The van der Waals surface area contributed by atoms with E-state index in [0.717, 1.165) is 62.3 Å². The summed E-state index contributed by atoms with van der Waals surface area (Å²) in [6.07, 6.45) is 0. The fraction of sp³-hybridized carbons (Fsp3) is 0.500. The van der Waals surface area contributed by atoms with Gasteiger partial charge in [-0.3, -0.25) is 4.79 Å². The van der Waals surface area contributed by atoms with Gasteiger partial charge in [-0.15, -0.1) is 0 Å². The van der Waals surface area contributed by atoms with Crippen LogP contribution in [0, 0.1) is 13.8 Å². The van der Waals surface area contributed by atoms with Crippen LogP contribution in [-0.4, -0.2) is 85.1 Å². The first kappa shape index (κ1) is 19.6. The lowest BCUT2D eigenvalue weighted by atomic mass is 10.1. The fourth-order valence-corrected chi connectivity index (χ4v) is 3.91. The summed E-state index contributed by atoms with van der Waals surface area (Å²) in [5.74, 6) is 2.89. The summed E-state index contributed by atoms with van der Waals surface area (Å²) in [6, 6.07) is 9.93. The van der Waals surface area contributed by atoms with Gasteiger partial charge < -0.3 is 19.6 Å². The molecule has 0 spiro atoms. The molecular weight excluding hydrogens is 364 g/mol. The first-order chi connectivity index (χ1) is 14.0. The molecule has 0 radical (unpaired) electrons. The average Bonchev–Trinajstić information content (AvgIpc) is 2.74. The molecule has 1 aromatic carbocycles. The molecule has 2 saturated heterocycles. The van der Waals surface area contributed by atoms with Crippen molar-refractivity contribution >= 4 is 17.5 Å². The molecule has 0 aliphatic carbocycles. The van der Waals surface area contributed by atoms with E-state index in [1.54, 1.807) is 0 Å². The monoisotopic (exact) mass is 394 g/mol. The Labute approximate surface area is 172 Å². The maximum absolute atomic E-state index is 12.8. The van der Waals surface area contributed by atoms with Crippen LogP contribution in [-0.2, 0) is 0 Å². The van der Waals surface area contributed by atoms with Gasteiger partial charge in [0.25, 0.3) is 5.91 Å². The predicted molar refractivity (Wildman–Crippen MR) is 116 cm³/mol. The van der Waals surface area contributed by atoms with Gasteiger partial charge in [-0.2, -0.15) is 0 Å². The maximum atomic E-state index is 12.8. The summed E-state index contributed by atoms with van der Waals surface area (Å²) >= 11 is 0. The number of benzene rings is 1. The lowest BCUT2D eigenvalue weighted by molar-refractivity contribution is 0.0746. The molecule has 0 unspecified atom stereocenters. The second kappa shape index (κ2) is 8.37. The van der Waals surface area contributed by atoms with Gasteiger partial charge in [0.05, 0.1) is 0 Å². The van der Waals surface area contributed by atoms with E-state index in [4.69, 9.17) is 0 Å². The summed E-state index contributed by atoms with van der Waals surface area (Å²) in [5.41, 5.74) is 1.93. The Hall–Kier alpha value is -2.67. The summed E-state index contributed by atoms with van der Waals surface area (Å²) in [5, 5.41) is 0. The number of hydrogen-bond donors (Lipinski definition) is 0. The zero-order chi connectivity index (χ0) is 20.4. The maximum Gasteiger partial charge on any atom is 0.253 e. The molecule has 0 bridgehead atoms. The lowest BCUT2D eigenvalue weighted by Crippen LogP contribution is -2.49. The third-order valence-electron chi connectivity index (χ3n) is 5.83. The zero-order valence-electron chi connectivity index (χ0n) is 17.6. The number of aryl methyl sites for hydroxylation is 2. The van der Waals surface area contributed by atoms with Crippen molar-refractivity contribution in [2.45, 2.75) is 13.8 Å². The molecule has 7 nitrogen and oxygen atoms in total. The summed E-state index contributed by atoms with van der Waals surface area (Å²) in [6.45, 7) is 11.1. The van der Waals surface area contributed by atoms with Crippen LogP contribution in [0.1, 0.15) is 21.7 Å². The molecule has 1 amide bonds. The number of piperazine rings is 2. The summed E-state index contributed by atoms with van der Waals surface area (Å²) in [7, 11) is 2.16. The van der Waals surface area contributed by atoms with E-state index in [1.165, 1.54) is 5.56 Å². The number of anilines is 2. The highest BCUT2D eigenvalue weighted by Crippen LogP contribution is 2.22. The Balaban J connectivity index is 1.41. The topological polar surface area (TPSA) is 55.8 Å². The molecular formula is C22H30N6O. The van der Waals surface area contributed by atoms with Crippen molar-refractivity contribution in [2.75, 3.05) is 69.2 Å². The highest BCUT2D eigenvalue weighted by atomic mass is 16.2. The van der Waals surface area contributed by atoms with Crippen LogP contribution in [0.2, 0.25) is 0 Å². The quantitative estimate of drug-likeness (QED) is 0.791. The number of nitrogens with zero attached hydrogens (tertiary/aromatic N) is 6. The van der Waals surface area contributed by atoms with Crippen LogP contribution >= 0.6 is 0 Å². The minimum absolute atomic E-state index is 0.113. The SMILES string of the molecule is Cc1ccc(C(=O)N2CCN(c3cc(N4CCN(C)CC4)nc(C)n3)CC2)cc1. The molecule has 3 heterocycles. The fourth-order valence-electron chi connectivity index (χ4n) is 3.91. The largest absolute Gasteiger partial charge is 0.354 e. The Kier molecular flexibility index (Phi) is 5.67. The summed E-state index contributed by atoms with van der Waals surface area (Å²) < 4.78 is 0. The number of rotatable bonds is 3. The van der Waals surface area contributed by atoms with Gasteiger partial charge in [0.1, 0.15) is 17.5 Å². The van der Waals surface area contributed by atoms with E-state index in [0.29, 0.717) is 13.1 Å². The van der Waals surface area contributed by atoms with Crippen molar-refractivity contribution in [1.82, 2.24) is 19.8 Å². The van der Waals surface area contributed by atoms with Gasteiger partial charge >= 0.3 is 0 Å². The number of likely N-dealkylation sites (N-methyl/N-ethyl adjacent to an activating group) is 1. The molecule has 154 valence electrons. The zero-order valence-corrected chi connectivity index (χ0v) is 17.6. The molecule has 29 heavy (non-hydrogen) atoms. The van der Waals surface area contributed by atoms with E-state index < -0.39 is 0 Å². The lowest BCUT2D eigenvalue weighted by Gasteiger charge is -2.37. The van der Waals surface area contributed by atoms with E-state index >= 15 is 0 Å². The first-order valence-electron chi connectivity index (χ1n) is 10.4. The van der Waals surface area contributed by atoms with Crippen molar-refractivity contribution in [3.05, 3.63) is 47.3 Å². The molecule has 2 fully saturated rings. The molecule has 0 N–H and O–H groups in total. The minimum atomic E-state index is 0.113. The van der Waals surface area contributed by atoms with E-state index in [1.807, 2.05) is 43.0 Å². The van der Waals surface area contributed by atoms with Crippen LogP contribution in [0.3, 0.4) is 0 Å². The smallest absolute Gasteiger partial charge is 0.253 e. The van der Waals surface area contributed by atoms with Crippen LogP contribution in [0.15, 0.2) is 30.3 Å². The van der Waals surface area contributed by atoms with Gasteiger partial charge in [0, 0.05) is 64.0 Å². The Morgan fingerprint density at radius 1 is 0.793 bits per heavy atom. The van der Waals surface area contributed by atoms with Gasteiger partial charge in [0.15, 0.2) is 0 Å². The van der Waals surface area contributed by atoms with E-state index in [9.17, 15) is 4.79 Å². The first-order valence-corrected chi connectivity index (χ1v) is 10.4. The van der Waals surface area contributed by atoms with E-state index in [2.05, 4.69) is 37.8 Å². The van der Waals surface area contributed by atoms with Gasteiger partial charge in [-0.05, 0) is 33.0 Å². The normalized spacial score (nSPS) is 18.2. The van der Waals surface area contributed by atoms with E-state index in [-0.39, 0.29) is 5.91 Å². The molecule has 0 saturated carbocycles. The molecule has 2 aromatic rings. The van der Waals surface area contributed by atoms with Crippen LogP contribution < -0.4 is 9.80 Å².